The standard InChI is InChI=1S/C14H16ClN3OS/c1-4-7-18-13(16-17-14(18)20)10(3)19-11-5-6-12(15)9(2)8-11/h4-6,8,10,13H,1,7H2,2-3H3. The van der Waals surface area contributed by atoms with Gasteiger partial charge in [0.05, 0.1) is 0 Å². The first-order chi connectivity index (χ1) is 9.52. The number of benzene rings is 1. The highest BCUT2D eigenvalue weighted by Gasteiger charge is 2.31. The Balaban J connectivity index is 2.09. The molecule has 0 radical (unpaired) electrons. The van der Waals surface area contributed by atoms with Crippen LogP contribution in [-0.4, -0.2) is 28.8 Å². The van der Waals surface area contributed by atoms with E-state index in [2.05, 4.69) is 16.8 Å². The van der Waals surface area contributed by atoms with Gasteiger partial charge in [0, 0.05) is 11.6 Å². The first-order valence-electron chi connectivity index (χ1n) is 6.28. The van der Waals surface area contributed by atoms with Crippen LogP contribution in [0.5, 0.6) is 5.75 Å². The van der Waals surface area contributed by atoms with Crippen LogP contribution >= 0.6 is 23.8 Å². The van der Waals surface area contributed by atoms with Gasteiger partial charge in [-0.2, -0.15) is 5.11 Å². The summed E-state index contributed by atoms with van der Waals surface area (Å²) in [5.74, 6) is 0.756. The second-order valence-electron chi connectivity index (χ2n) is 4.59. The Labute approximate surface area is 129 Å². The number of nitrogens with zero attached hydrogens (tertiary/aromatic N) is 3. The second kappa shape index (κ2) is 6.33. The fraction of sp³-hybridized carbons (Fsp3) is 0.357. The van der Waals surface area contributed by atoms with E-state index in [-0.39, 0.29) is 12.3 Å². The largest absolute Gasteiger partial charge is 0.486 e. The van der Waals surface area contributed by atoms with E-state index in [1.807, 2.05) is 36.9 Å². The normalized spacial score (nSPS) is 19.2. The van der Waals surface area contributed by atoms with Gasteiger partial charge in [-0.05, 0) is 49.8 Å². The molecule has 1 heterocycles. The van der Waals surface area contributed by atoms with Crippen LogP contribution in [0, 0.1) is 6.92 Å². The third-order valence-electron chi connectivity index (χ3n) is 3.02. The number of ether oxygens (including phenoxy) is 1. The van der Waals surface area contributed by atoms with E-state index in [1.165, 1.54) is 0 Å². The Kier molecular flexibility index (Phi) is 4.73. The number of hydrogen-bond donors (Lipinski definition) is 0. The van der Waals surface area contributed by atoms with E-state index in [9.17, 15) is 0 Å². The van der Waals surface area contributed by atoms with Crippen LogP contribution in [0.1, 0.15) is 12.5 Å². The Morgan fingerprint density at radius 2 is 2.35 bits per heavy atom. The van der Waals surface area contributed by atoms with Crippen LogP contribution in [0.2, 0.25) is 5.02 Å². The highest BCUT2D eigenvalue weighted by Crippen LogP contribution is 2.24. The molecule has 0 fully saturated rings. The lowest BCUT2D eigenvalue weighted by Crippen LogP contribution is -2.42. The van der Waals surface area contributed by atoms with E-state index in [0.29, 0.717) is 11.7 Å². The SMILES string of the molecule is C=CCN1C(=S)N=NC1C(C)Oc1ccc(Cl)c(C)c1. The first-order valence-corrected chi connectivity index (χ1v) is 7.06. The zero-order chi connectivity index (χ0) is 14.7. The van der Waals surface area contributed by atoms with E-state index in [4.69, 9.17) is 28.6 Å². The van der Waals surface area contributed by atoms with Crippen molar-refractivity contribution in [1.29, 1.82) is 0 Å². The van der Waals surface area contributed by atoms with Crippen molar-refractivity contribution in [1.82, 2.24) is 4.90 Å². The molecule has 0 saturated heterocycles. The van der Waals surface area contributed by atoms with Crippen molar-refractivity contribution >= 4 is 28.9 Å². The summed E-state index contributed by atoms with van der Waals surface area (Å²) in [5.41, 5.74) is 0.975. The van der Waals surface area contributed by atoms with Crippen molar-refractivity contribution in [3.05, 3.63) is 41.4 Å². The molecule has 2 unspecified atom stereocenters. The predicted molar refractivity (Wildman–Crippen MR) is 84.4 cm³/mol. The van der Waals surface area contributed by atoms with Gasteiger partial charge in [0.15, 0.2) is 6.17 Å². The van der Waals surface area contributed by atoms with E-state index in [0.717, 1.165) is 16.3 Å². The van der Waals surface area contributed by atoms with Crippen molar-refractivity contribution in [3.63, 3.8) is 0 Å². The highest BCUT2D eigenvalue weighted by atomic mass is 35.5. The molecule has 1 aliphatic heterocycles. The topological polar surface area (TPSA) is 37.2 Å². The van der Waals surface area contributed by atoms with Gasteiger partial charge in [-0.1, -0.05) is 17.7 Å². The van der Waals surface area contributed by atoms with Gasteiger partial charge < -0.3 is 9.64 Å². The van der Waals surface area contributed by atoms with Gasteiger partial charge in [-0.15, -0.1) is 11.7 Å². The summed E-state index contributed by atoms with van der Waals surface area (Å²) in [4.78, 5) is 1.88. The molecule has 0 N–H and O–H groups in total. The number of halogens is 1. The Morgan fingerprint density at radius 1 is 1.60 bits per heavy atom. The van der Waals surface area contributed by atoms with E-state index < -0.39 is 0 Å². The molecular weight excluding hydrogens is 294 g/mol. The zero-order valence-corrected chi connectivity index (χ0v) is 13.0. The predicted octanol–water partition coefficient (Wildman–Crippen LogP) is 3.98. The molecule has 0 spiro atoms. The van der Waals surface area contributed by atoms with Crippen molar-refractivity contribution in [2.75, 3.05) is 6.54 Å². The maximum absolute atomic E-state index is 6.00. The van der Waals surface area contributed by atoms with Crippen LogP contribution in [0.15, 0.2) is 41.1 Å². The lowest BCUT2D eigenvalue weighted by Gasteiger charge is -2.27. The third-order valence-corrected chi connectivity index (χ3v) is 3.76. The molecule has 20 heavy (non-hydrogen) atoms. The highest BCUT2D eigenvalue weighted by molar-refractivity contribution is 7.80. The fourth-order valence-corrected chi connectivity index (χ4v) is 2.33. The summed E-state index contributed by atoms with van der Waals surface area (Å²) < 4.78 is 5.91. The average molecular weight is 310 g/mol. The van der Waals surface area contributed by atoms with Gasteiger partial charge in [-0.3, -0.25) is 0 Å². The molecular formula is C14H16ClN3OS. The van der Waals surface area contributed by atoms with E-state index >= 15 is 0 Å². The van der Waals surface area contributed by atoms with Crippen molar-refractivity contribution < 1.29 is 4.74 Å². The van der Waals surface area contributed by atoms with Gasteiger partial charge in [-0.25, -0.2) is 0 Å². The molecule has 0 aliphatic carbocycles. The summed E-state index contributed by atoms with van der Waals surface area (Å²) in [5, 5.41) is 9.30. The summed E-state index contributed by atoms with van der Waals surface area (Å²) >= 11 is 11.2. The summed E-state index contributed by atoms with van der Waals surface area (Å²) in [6.45, 7) is 8.20. The number of aryl methyl sites for hydroxylation is 1. The molecule has 2 rings (SSSR count). The van der Waals surface area contributed by atoms with Gasteiger partial charge >= 0.3 is 0 Å². The zero-order valence-electron chi connectivity index (χ0n) is 11.4. The fourth-order valence-electron chi connectivity index (χ4n) is 1.98. The monoisotopic (exact) mass is 309 g/mol. The summed E-state index contributed by atoms with van der Waals surface area (Å²) in [6.07, 6.45) is 1.37. The minimum atomic E-state index is -0.225. The molecule has 0 saturated carbocycles. The van der Waals surface area contributed by atoms with Crippen LogP contribution in [0.25, 0.3) is 0 Å². The minimum absolute atomic E-state index is 0.181. The molecule has 0 aromatic heterocycles. The molecule has 1 aliphatic rings. The number of hydrogen-bond acceptors (Lipinski definition) is 3. The smallest absolute Gasteiger partial charge is 0.218 e. The Bertz CT molecular complexity index is 561. The van der Waals surface area contributed by atoms with Gasteiger partial charge in [0.2, 0.25) is 5.11 Å². The number of thiocarbonyl (C=S) groups is 1. The molecule has 1 aromatic rings. The molecule has 106 valence electrons. The third kappa shape index (κ3) is 3.16. The van der Waals surface area contributed by atoms with Gasteiger partial charge in [0.1, 0.15) is 11.9 Å². The van der Waals surface area contributed by atoms with Crippen LogP contribution < -0.4 is 4.74 Å². The molecule has 0 amide bonds. The van der Waals surface area contributed by atoms with E-state index in [1.54, 1.807) is 6.08 Å². The molecule has 2 atom stereocenters. The van der Waals surface area contributed by atoms with Gasteiger partial charge in [0.25, 0.3) is 0 Å². The summed E-state index contributed by atoms with van der Waals surface area (Å²) in [6, 6.07) is 5.57. The maximum atomic E-state index is 6.00. The maximum Gasteiger partial charge on any atom is 0.218 e. The van der Waals surface area contributed by atoms with Crippen molar-refractivity contribution in [2.24, 2.45) is 10.2 Å². The number of rotatable bonds is 5. The molecule has 6 heteroatoms. The van der Waals surface area contributed by atoms with Crippen LogP contribution in [0.3, 0.4) is 0 Å². The quantitative estimate of drug-likeness (QED) is 0.610. The van der Waals surface area contributed by atoms with Crippen LogP contribution in [0.4, 0.5) is 0 Å². The first kappa shape index (κ1) is 14.9. The van der Waals surface area contributed by atoms with Crippen molar-refractivity contribution in [3.8, 4) is 5.75 Å². The number of azo groups is 1. The minimum Gasteiger partial charge on any atom is -0.486 e. The summed E-state index contributed by atoms with van der Waals surface area (Å²) in [7, 11) is 0. The Morgan fingerprint density at radius 3 is 3.00 bits per heavy atom. The molecule has 0 bridgehead atoms. The second-order valence-corrected chi connectivity index (χ2v) is 5.36. The lowest BCUT2D eigenvalue weighted by atomic mass is 10.2. The average Bonchev–Trinajstić information content (AvgIpc) is 2.76. The van der Waals surface area contributed by atoms with Crippen molar-refractivity contribution in [2.45, 2.75) is 26.1 Å². The molecule has 4 nitrogen and oxygen atoms in total. The Hall–Kier alpha value is -1.46. The molecule has 1 aromatic carbocycles. The van der Waals surface area contributed by atoms with Crippen LogP contribution in [-0.2, 0) is 0 Å². The lowest BCUT2D eigenvalue weighted by molar-refractivity contribution is 0.136.